The quantitative estimate of drug-likeness (QED) is 0.627. The predicted molar refractivity (Wildman–Crippen MR) is 71.6 cm³/mol. The van der Waals surface area contributed by atoms with Crippen LogP contribution in [0.4, 0.5) is 0 Å². The van der Waals surface area contributed by atoms with Gasteiger partial charge in [-0.3, -0.25) is 4.57 Å². The normalized spacial score (nSPS) is 11.2. The minimum atomic E-state index is -0.319. The molecule has 0 unspecified atom stereocenters. The summed E-state index contributed by atoms with van der Waals surface area (Å²) >= 11 is 4.15. The molecule has 1 aromatic heterocycles. The van der Waals surface area contributed by atoms with Gasteiger partial charge in [-0.15, -0.1) is 0 Å². The molecular weight excluding hydrogens is 236 g/mol. The van der Waals surface area contributed by atoms with Gasteiger partial charge in [0.25, 0.3) is 0 Å². The van der Waals surface area contributed by atoms with Gasteiger partial charge in [-0.2, -0.15) is 12.6 Å². The molecule has 92 valence electrons. The van der Waals surface area contributed by atoms with Crippen LogP contribution >= 0.6 is 12.6 Å². The van der Waals surface area contributed by atoms with Gasteiger partial charge in [-0.1, -0.05) is 6.07 Å². The standard InChI is InChI=1S/C12H16N2O2S/c1-14-10-7-9(8-13-5-2-6-17)3-4-11(10)16-12(14)15/h3-4,7,13,17H,2,5-6,8H2,1H3. The van der Waals surface area contributed by atoms with Gasteiger partial charge in [0.1, 0.15) is 0 Å². The molecule has 0 aliphatic carbocycles. The smallest absolute Gasteiger partial charge is 0.408 e. The minimum Gasteiger partial charge on any atom is -0.408 e. The van der Waals surface area contributed by atoms with Crippen molar-refractivity contribution in [3.05, 3.63) is 34.3 Å². The molecule has 1 N–H and O–H groups in total. The van der Waals surface area contributed by atoms with Gasteiger partial charge in [0.2, 0.25) is 0 Å². The third-order valence-electron chi connectivity index (χ3n) is 2.70. The Morgan fingerprint density at radius 1 is 1.47 bits per heavy atom. The van der Waals surface area contributed by atoms with Gasteiger partial charge >= 0.3 is 5.76 Å². The number of thiol groups is 1. The highest BCUT2D eigenvalue weighted by Crippen LogP contribution is 2.13. The van der Waals surface area contributed by atoms with Crippen LogP contribution in [0.5, 0.6) is 0 Å². The monoisotopic (exact) mass is 252 g/mol. The average Bonchev–Trinajstić information content (AvgIpc) is 2.61. The van der Waals surface area contributed by atoms with Crippen molar-refractivity contribution in [1.82, 2.24) is 9.88 Å². The maximum atomic E-state index is 11.3. The Bertz CT molecular complexity index is 559. The largest absolute Gasteiger partial charge is 0.419 e. The predicted octanol–water partition coefficient (Wildman–Crippen LogP) is 1.54. The fourth-order valence-corrected chi connectivity index (χ4v) is 1.88. The molecule has 0 atom stereocenters. The molecule has 0 radical (unpaired) electrons. The van der Waals surface area contributed by atoms with Crippen molar-refractivity contribution in [3.8, 4) is 0 Å². The summed E-state index contributed by atoms with van der Waals surface area (Å²) in [6.45, 7) is 1.74. The summed E-state index contributed by atoms with van der Waals surface area (Å²) in [4.78, 5) is 11.3. The Balaban J connectivity index is 2.14. The number of aryl methyl sites for hydroxylation is 1. The number of nitrogens with zero attached hydrogens (tertiary/aromatic N) is 1. The summed E-state index contributed by atoms with van der Waals surface area (Å²) in [5, 5.41) is 3.33. The van der Waals surface area contributed by atoms with Crippen molar-refractivity contribution >= 4 is 23.7 Å². The molecule has 0 amide bonds. The molecule has 2 rings (SSSR count). The number of rotatable bonds is 5. The molecule has 0 saturated heterocycles. The van der Waals surface area contributed by atoms with E-state index in [1.807, 2.05) is 18.2 Å². The van der Waals surface area contributed by atoms with Crippen molar-refractivity contribution in [1.29, 1.82) is 0 Å². The van der Waals surface area contributed by atoms with E-state index in [4.69, 9.17) is 4.42 Å². The van der Waals surface area contributed by atoms with Crippen LogP contribution in [0, 0.1) is 0 Å². The Kier molecular flexibility index (Phi) is 3.91. The maximum absolute atomic E-state index is 11.3. The van der Waals surface area contributed by atoms with E-state index in [1.54, 1.807) is 7.05 Å². The molecule has 0 saturated carbocycles. The molecule has 0 aliphatic rings. The van der Waals surface area contributed by atoms with Gasteiger partial charge < -0.3 is 9.73 Å². The van der Waals surface area contributed by atoms with Gasteiger partial charge in [-0.25, -0.2) is 4.79 Å². The minimum absolute atomic E-state index is 0.319. The van der Waals surface area contributed by atoms with E-state index in [0.29, 0.717) is 5.58 Å². The molecule has 1 heterocycles. The molecule has 0 fully saturated rings. The molecule has 5 heteroatoms. The number of hydrogen-bond donors (Lipinski definition) is 2. The van der Waals surface area contributed by atoms with E-state index < -0.39 is 0 Å². The van der Waals surface area contributed by atoms with Crippen LogP contribution in [0.25, 0.3) is 11.1 Å². The zero-order chi connectivity index (χ0) is 12.3. The molecule has 0 spiro atoms. The van der Waals surface area contributed by atoms with E-state index >= 15 is 0 Å². The molecule has 2 aromatic rings. The summed E-state index contributed by atoms with van der Waals surface area (Å²) < 4.78 is 6.59. The second-order valence-corrected chi connectivity index (χ2v) is 4.43. The highest BCUT2D eigenvalue weighted by atomic mass is 32.1. The number of benzene rings is 1. The number of nitrogens with one attached hydrogen (secondary N) is 1. The van der Waals surface area contributed by atoms with Crippen molar-refractivity contribution in [2.75, 3.05) is 12.3 Å². The van der Waals surface area contributed by atoms with E-state index in [-0.39, 0.29) is 5.76 Å². The molecular formula is C12H16N2O2S. The second kappa shape index (κ2) is 5.42. The van der Waals surface area contributed by atoms with Crippen LogP contribution in [0.3, 0.4) is 0 Å². The Morgan fingerprint density at radius 2 is 2.29 bits per heavy atom. The first-order valence-corrected chi connectivity index (χ1v) is 6.25. The van der Waals surface area contributed by atoms with E-state index in [0.717, 1.165) is 36.3 Å². The van der Waals surface area contributed by atoms with Crippen LogP contribution in [0.2, 0.25) is 0 Å². The Morgan fingerprint density at radius 3 is 3.06 bits per heavy atom. The fraction of sp³-hybridized carbons (Fsp3) is 0.417. The van der Waals surface area contributed by atoms with Crippen molar-refractivity contribution in [2.45, 2.75) is 13.0 Å². The van der Waals surface area contributed by atoms with Crippen molar-refractivity contribution in [3.63, 3.8) is 0 Å². The van der Waals surface area contributed by atoms with Gasteiger partial charge in [-0.05, 0) is 36.4 Å². The number of fused-ring (bicyclic) bond motifs is 1. The van der Waals surface area contributed by atoms with Gasteiger partial charge in [0.05, 0.1) is 5.52 Å². The molecule has 4 nitrogen and oxygen atoms in total. The maximum Gasteiger partial charge on any atom is 0.419 e. The van der Waals surface area contributed by atoms with E-state index in [1.165, 1.54) is 4.57 Å². The molecule has 17 heavy (non-hydrogen) atoms. The van der Waals surface area contributed by atoms with Crippen LogP contribution in [-0.4, -0.2) is 16.9 Å². The molecule has 0 bridgehead atoms. The van der Waals surface area contributed by atoms with E-state index in [2.05, 4.69) is 17.9 Å². The lowest BCUT2D eigenvalue weighted by molar-refractivity contribution is 0.528. The second-order valence-electron chi connectivity index (χ2n) is 3.98. The highest BCUT2D eigenvalue weighted by molar-refractivity contribution is 7.80. The van der Waals surface area contributed by atoms with Crippen molar-refractivity contribution in [2.24, 2.45) is 7.05 Å². The number of oxazole rings is 1. The van der Waals surface area contributed by atoms with Crippen LogP contribution < -0.4 is 11.1 Å². The third-order valence-corrected chi connectivity index (χ3v) is 3.01. The van der Waals surface area contributed by atoms with E-state index in [9.17, 15) is 4.79 Å². The van der Waals surface area contributed by atoms with Gasteiger partial charge in [0, 0.05) is 13.6 Å². The zero-order valence-corrected chi connectivity index (χ0v) is 10.7. The first-order valence-electron chi connectivity index (χ1n) is 5.62. The number of hydrogen-bond acceptors (Lipinski definition) is 4. The fourth-order valence-electron chi connectivity index (χ4n) is 1.72. The first kappa shape index (κ1) is 12.3. The highest BCUT2D eigenvalue weighted by Gasteiger charge is 2.05. The Labute approximate surface area is 105 Å². The summed E-state index contributed by atoms with van der Waals surface area (Å²) in [6.07, 6.45) is 1.05. The summed E-state index contributed by atoms with van der Waals surface area (Å²) in [7, 11) is 1.71. The number of aromatic nitrogens is 1. The third kappa shape index (κ3) is 2.73. The molecule has 0 aliphatic heterocycles. The lowest BCUT2D eigenvalue weighted by Crippen LogP contribution is -2.15. The van der Waals surface area contributed by atoms with Crippen LogP contribution in [0.1, 0.15) is 12.0 Å². The van der Waals surface area contributed by atoms with Gasteiger partial charge in [0.15, 0.2) is 5.58 Å². The van der Waals surface area contributed by atoms with Crippen LogP contribution in [-0.2, 0) is 13.6 Å². The Hall–Kier alpha value is -1.20. The SMILES string of the molecule is Cn1c(=O)oc2ccc(CNCCCS)cc21. The molecule has 1 aromatic carbocycles. The summed E-state index contributed by atoms with van der Waals surface area (Å²) in [5.41, 5.74) is 2.62. The summed E-state index contributed by atoms with van der Waals surface area (Å²) in [6, 6.07) is 5.79. The lowest BCUT2D eigenvalue weighted by Gasteiger charge is -2.03. The van der Waals surface area contributed by atoms with Crippen molar-refractivity contribution < 1.29 is 4.42 Å². The topological polar surface area (TPSA) is 47.2 Å². The zero-order valence-electron chi connectivity index (χ0n) is 9.77. The van der Waals surface area contributed by atoms with Crippen LogP contribution in [0.15, 0.2) is 27.4 Å². The summed E-state index contributed by atoms with van der Waals surface area (Å²) in [5.74, 6) is 0.572. The lowest BCUT2D eigenvalue weighted by atomic mass is 10.2. The average molecular weight is 252 g/mol. The first-order chi connectivity index (χ1) is 8.22.